The minimum absolute atomic E-state index is 0.0854. The molecule has 8 heteroatoms. The smallest absolute Gasteiger partial charge is 0.258 e. The maximum Gasteiger partial charge on any atom is 0.258 e. The quantitative estimate of drug-likeness (QED) is 0.412. The second kappa shape index (κ2) is 8.58. The molecule has 8 nitrogen and oxygen atoms in total. The zero-order valence-corrected chi connectivity index (χ0v) is 18.0. The van der Waals surface area contributed by atoms with Crippen LogP contribution in [0.5, 0.6) is 5.88 Å². The number of fused-ring (bicyclic) bond motifs is 1. The van der Waals surface area contributed by atoms with Crippen molar-refractivity contribution in [1.29, 1.82) is 0 Å². The zero-order chi connectivity index (χ0) is 22.8. The number of rotatable bonds is 5. The van der Waals surface area contributed by atoms with E-state index in [1.165, 1.54) is 6.20 Å². The highest BCUT2D eigenvalue weighted by atomic mass is 16.3. The Labute approximate surface area is 190 Å². The van der Waals surface area contributed by atoms with Gasteiger partial charge in [0, 0.05) is 36.0 Å². The number of aromatic nitrogens is 3. The van der Waals surface area contributed by atoms with Gasteiger partial charge in [-0.05, 0) is 47.9 Å². The normalized spacial score (nSPS) is 13.2. The van der Waals surface area contributed by atoms with Gasteiger partial charge in [0.05, 0.1) is 23.9 Å². The van der Waals surface area contributed by atoms with E-state index in [0.717, 1.165) is 27.7 Å². The average molecular weight is 438 g/mol. The molecule has 2 aromatic heterocycles. The number of amides is 1. The van der Waals surface area contributed by atoms with Gasteiger partial charge in [0.2, 0.25) is 0 Å². The molecule has 0 fully saturated rings. The Balaban J connectivity index is 1.32. The lowest BCUT2D eigenvalue weighted by atomic mass is 10.0. The second-order valence-corrected chi connectivity index (χ2v) is 7.86. The van der Waals surface area contributed by atoms with Gasteiger partial charge in [0.25, 0.3) is 5.91 Å². The molecule has 0 aliphatic carbocycles. The highest BCUT2D eigenvalue weighted by Crippen LogP contribution is 2.27. The van der Waals surface area contributed by atoms with Crippen LogP contribution in [0.3, 0.4) is 0 Å². The summed E-state index contributed by atoms with van der Waals surface area (Å²) < 4.78 is 1.59. The number of aromatic amines is 1. The zero-order valence-electron chi connectivity index (χ0n) is 18.0. The molecular weight excluding hydrogens is 416 g/mol. The summed E-state index contributed by atoms with van der Waals surface area (Å²) in [5, 5.41) is 18.1. The van der Waals surface area contributed by atoms with Gasteiger partial charge in [0.1, 0.15) is 5.84 Å². The summed E-state index contributed by atoms with van der Waals surface area (Å²) in [7, 11) is 1.77. The van der Waals surface area contributed by atoms with Gasteiger partial charge < -0.3 is 15.4 Å². The monoisotopic (exact) mass is 438 g/mol. The van der Waals surface area contributed by atoms with Crippen molar-refractivity contribution in [3.05, 3.63) is 89.3 Å². The summed E-state index contributed by atoms with van der Waals surface area (Å²) in [5.41, 5.74) is 4.93. The molecule has 164 valence electrons. The van der Waals surface area contributed by atoms with E-state index in [9.17, 15) is 9.90 Å². The van der Waals surface area contributed by atoms with Crippen molar-refractivity contribution in [3.8, 4) is 5.88 Å². The molecule has 3 N–H and O–H groups in total. The molecule has 1 amide bonds. The number of hydrogen-bond acceptors (Lipinski definition) is 5. The molecule has 2 aromatic carbocycles. The molecule has 0 saturated carbocycles. The van der Waals surface area contributed by atoms with Crippen LogP contribution in [0.2, 0.25) is 0 Å². The first-order valence-corrected chi connectivity index (χ1v) is 10.5. The molecule has 5 rings (SSSR count). The Kier molecular flexibility index (Phi) is 5.32. The number of H-pyrrole nitrogens is 1. The Morgan fingerprint density at radius 2 is 2.06 bits per heavy atom. The van der Waals surface area contributed by atoms with Crippen LogP contribution >= 0.6 is 0 Å². The highest BCUT2D eigenvalue weighted by molar-refractivity contribution is 6.08. The van der Waals surface area contributed by atoms with Gasteiger partial charge in [-0.15, -0.1) is 0 Å². The van der Waals surface area contributed by atoms with Crippen molar-refractivity contribution in [2.45, 2.75) is 6.42 Å². The fourth-order valence-electron chi connectivity index (χ4n) is 3.74. The number of nitrogens with zero attached hydrogens (tertiary/aromatic N) is 4. The number of amidine groups is 1. The topological polar surface area (TPSA) is 108 Å². The van der Waals surface area contributed by atoms with Gasteiger partial charge in [-0.2, -0.15) is 5.10 Å². The Morgan fingerprint density at radius 1 is 1.24 bits per heavy atom. The van der Waals surface area contributed by atoms with Gasteiger partial charge in [-0.3, -0.25) is 14.5 Å². The van der Waals surface area contributed by atoms with Gasteiger partial charge >= 0.3 is 0 Å². The summed E-state index contributed by atoms with van der Waals surface area (Å²) in [6, 6.07) is 13.8. The molecule has 0 radical (unpaired) electrons. The average Bonchev–Trinajstić information content (AvgIpc) is 3.54. The van der Waals surface area contributed by atoms with E-state index in [-0.39, 0.29) is 11.8 Å². The first kappa shape index (κ1) is 20.4. The minimum Gasteiger partial charge on any atom is -0.494 e. The molecule has 1 aliphatic heterocycles. The maximum atomic E-state index is 12.3. The summed E-state index contributed by atoms with van der Waals surface area (Å²) in [6.45, 7) is 0.641. The van der Waals surface area contributed by atoms with E-state index in [2.05, 4.69) is 31.5 Å². The summed E-state index contributed by atoms with van der Waals surface area (Å²) in [4.78, 5) is 23.9. The van der Waals surface area contributed by atoms with Crippen LogP contribution in [0.15, 0.2) is 77.0 Å². The lowest BCUT2D eigenvalue weighted by Crippen LogP contribution is -2.11. The molecular formula is C25H22N6O2. The van der Waals surface area contributed by atoms with E-state index in [1.807, 2.05) is 48.6 Å². The van der Waals surface area contributed by atoms with Crippen LogP contribution in [-0.2, 0) is 13.5 Å². The van der Waals surface area contributed by atoms with Crippen molar-refractivity contribution < 1.29 is 9.90 Å². The van der Waals surface area contributed by atoms with E-state index < -0.39 is 0 Å². The maximum absolute atomic E-state index is 12.3. The molecule has 0 bridgehead atoms. The Hall–Kier alpha value is -4.46. The predicted molar refractivity (Wildman–Crippen MR) is 129 cm³/mol. The number of benzene rings is 2. The van der Waals surface area contributed by atoms with Crippen LogP contribution < -0.4 is 5.32 Å². The van der Waals surface area contributed by atoms with Gasteiger partial charge in [0.15, 0.2) is 5.88 Å². The van der Waals surface area contributed by atoms with Crippen molar-refractivity contribution in [2.24, 2.45) is 17.0 Å². The van der Waals surface area contributed by atoms with E-state index >= 15 is 0 Å². The van der Waals surface area contributed by atoms with E-state index in [0.29, 0.717) is 29.9 Å². The molecule has 0 unspecified atom stereocenters. The third-order valence-corrected chi connectivity index (χ3v) is 5.42. The Bertz CT molecular complexity index is 1420. The Morgan fingerprint density at radius 3 is 2.79 bits per heavy atom. The predicted octanol–water partition coefficient (Wildman–Crippen LogP) is 3.84. The highest BCUT2D eigenvalue weighted by Gasteiger charge is 2.11. The largest absolute Gasteiger partial charge is 0.494 e. The number of carbonyl (C=O) groups is 1. The van der Waals surface area contributed by atoms with Crippen molar-refractivity contribution in [2.75, 3.05) is 11.9 Å². The summed E-state index contributed by atoms with van der Waals surface area (Å²) >= 11 is 0. The van der Waals surface area contributed by atoms with Crippen molar-refractivity contribution in [3.63, 3.8) is 0 Å². The molecule has 1 aliphatic rings. The number of aryl methyl sites for hydroxylation is 1. The fourth-order valence-corrected chi connectivity index (χ4v) is 3.74. The van der Waals surface area contributed by atoms with Gasteiger partial charge in [-0.25, -0.2) is 4.99 Å². The molecule has 0 atom stereocenters. The molecule has 4 aromatic rings. The first-order chi connectivity index (χ1) is 16.0. The summed E-state index contributed by atoms with van der Waals surface area (Å²) in [5.74, 6) is 0.541. The lowest BCUT2D eigenvalue weighted by Gasteiger charge is -2.06. The van der Waals surface area contributed by atoms with Crippen LogP contribution in [-0.4, -0.2) is 44.4 Å². The first-order valence-electron chi connectivity index (χ1n) is 10.5. The number of aromatic hydroxyl groups is 1. The van der Waals surface area contributed by atoms with E-state index in [1.54, 1.807) is 24.1 Å². The summed E-state index contributed by atoms with van der Waals surface area (Å²) in [6.07, 6.45) is 9.37. The minimum atomic E-state index is -0.193. The van der Waals surface area contributed by atoms with E-state index in [4.69, 9.17) is 0 Å². The van der Waals surface area contributed by atoms with Crippen molar-refractivity contribution >= 4 is 34.5 Å². The third kappa shape index (κ3) is 4.45. The van der Waals surface area contributed by atoms with Crippen LogP contribution in [0.4, 0.5) is 5.69 Å². The lowest BCUT2D eigenvalue weighted by molar-refractivity contribution is 0.102. The van der Waals surface area contributed by atoms with Crippen LogP contribution in [0.25, 0.3) is 10.9 Å². The fraction of sp³-hybridized carbons (Fsp3) is 0.120. The third-order valence-electron chi connectivity index (χ3n) is 5.42. The number of aliphatic imine (C=N–C) groups is 2. The standard InChI is InChI=1S/C25H22N6O2/c1-31-15-18(13-28-31)24(32)29-19-7-4-16(5-8-19)11-17-6-9-22-20(12-17)21(25(33)30-22)14-27-23-3-2-10-26-23/h2-9,12-15,30,33H,10-11H2,1H3,(H,29,32). The van der Waals surface area contributed by atoms with Crippen LogP contribution in [0.1, 0.15) is 27.0 Å². The number of nitrogens with one attached hydrogen (secondary N) is 2. The number of anilines is 1. The van der Waals surface area contributed by atoms with Crippen molar-refractivity contribution in [1.82, 2.24) is 14.8 Å². The van der Waals surface area contributed by atoms with Crippen LogP contribution in [0, 0.1) is 0 Å². The van der Waals surface area contributed by atoms with Gasteiger partial charge in [-0.1, -0.05) is 24.3 Å². The molecule has 3 heterocycles. The molecule has 0 saturated heterocycles. The molecule has 33 heavy (non-hydrogen) atoms. The molecule has 0 spiro atoms. The second-order valence-electron chi connectivity index (χ2n) is 7.86. The number of carbonyl (C=O) groups excluding carboxylic acids is 1. The number of hydrogen-bond donors (Lipinski definition) is 3. The SMILES string of the molecule is Cn1cc(C(=O)Nc2ccc(Cc3ccc4[nH]c(O)c(C=NC5=NCC=C5)c4c3)cc2)cn1.